The van der Waals surface area contributed by atoms with Gasteiger partial charge in [0.1, 0.15) is 18.9 Å². The van der Waals surface area contributed by atoms with E-state index in [0.29, 0.717) is 11.4 Å². The highest BCUT2D eigenvalue weighted by Crippen LogP contribution is 2.09. The van der Waals surface area contributed by atoms with Crippen molar-refractivity contribution in [3.05, 3.63) is 23.9 Å². The number of carbonyl (C=O) groups is 3. The van der Waals surface area contributed by atoms with E-state index in [4.69, 9.17) is 5.84 Å². The highest BCUT2D eigenvalue weighted by molar-refractivity contribution is 6.05. The Bertz CT molecular complexity index is 500. The summed E-state index contributed by atoms with van der Waals surface area (Å²) in [6, 6.07) is 2.93. The van der Waals surface area contributed by atoms with E-state index in [1.807, 2.05) is 0 Å². The molecule has 0 saturated carbocycles. The Morgan fingerprint density at radius 2 is 2.06 bits per heavy atom. The van der Waals surface area contributed by atoms with Crippen LogP contribution in [-0.2, 0) is 9.59 Å². The number of hydrogen-bond donors (Lipinski definition) is 3. The van der Waals surface area contributed by atoms with E-state index in [9.17, 15) is 14.4 Å². The summed E-state index contributed by atoms with van der Waals surface area (Å²) in [5.74, 6) is 4.10. The molecule has 1 saturated heterocycles. The van der Waals surface area contributed by atoms with Gasteiger partial charge in [0.05, 0.1) is 0 Å². The average Bonchev–Trinajstić information content (AvgIpc) is 2.37. The molecule has 0 aromatic carbocycles. The highest BCUT2D eigenvalue weighted by atomic mass is 16.2. The Labute approximate surface area is 102 Å². The molecule has 8 heteroatoms. The number of hydrogen-bond acceptors (Lipinski definition) is 6. The molecule has 0 spiro atoms. The summed E-state index contributed by atoms with van der Waals surface area (Å²) in [6.07, 6.45) is 1.41. The number of anilines is 1. The number of aromatic nitrogens is 1. The molecule has 0 radical (unpaired) electrons. The largest absolute Gasteiger partial charge is 0.320 e. The monoisotopic (exact) mass is 249 g/mol. The summed E-state index contributed by atoms with van der Waals surface area (Å²) >= 11 is 0. The quantitative estimate of drug-likeness (QED) is 0.332. The van der Waals surface area contributed by atoms with Crippen molar-refractivity contribution in [3.63, 3.8) is 0 Å². The number of hydrazine groups is 1. The zero-order chi connectivity index (χ0) is 13.1. The smallest absolute Gasteiger partial charge is 0.254 e. The van der Waals surface area contributed by atoms with Crippen LogP contribution in [0, 0.1) is 0 Å². The van der Waals surface area contributed by atoms with Crippen molar-refractivity contribution in [3.8, 4) is 0 Å². The van der Waals surface area contributed by atoms with Gasteiger partial charge in [0.25, 0.3) is 5.91 Å². The standard InChI is InChI=1S/C10H11N5O3/c11-14-7-3-6(1-2-12-7)10(18)15-4-8(16)13-9(17)5-15/h1-3H,4-5,11H2,(H,12,14)(H,13,16,17). The van der Waals surface area contributed by atoms with Gasteiger partial charge in [-0.2, -0.15) is 0 Å². The van der Waals surface area contributed by atoms with E-state index in [-0.39, 0.29) is 13.1 Å². The van der Waals surface area contributed by atoms with Gasteiger partial charge in [0.2, 0.25) is 11.8 Å². The molecule has 1 aliphatic heterocycles. The SMILES string of the molecule is NNc1cc(C(=O)N2CC(=O)NC(=O)C2)ccn1. The van der Waals surface area contributed by atoms with Gasteiger partial charge >= 0.3 is 0 Å². The van der Waals surface area contributed by atoms with Crippen LogP contribution in [0.3, 0.4) is 0 Å². The average molecular weight is 249 g/mol. The number of rotatable bonds is 2. The van der Waals surface area contributed by atoms with Crippen molar-refractivity contribution in [2.75, 3.05) is 18.5 Å². The molecule has 2 heterocycles. The van der Waals surface area contributed by atoms with Crippen LogP contribution in [0.2, 0.25) is 0 Å². The van der Waals surface area contributed by atoms with Gasteiger partial charge in [0.15, 0.2) is 0 Å². The summed E-state index contributed by atoms with van der Waals surface area (Å²) in [4.78, 5) is 39.4. The molecular formula is C10H11N5O3. The van der Waals surface area contributed by atoms with Crippen LogP contribution in [-0.4, -0.2) is 40.7 Å². The molecular weight excluding hydrogens is 238 g/mol. The third kappa shape index (κ3) is 2.43. The van der Waals surface area contributed by atoms with Gasteiger partial charge in [-0.05, 0) is 12.1 Å². The van der Waals surface area contributed by atoms with Crippen LogP contribution in [0.5, 0.6) is 0 Å². The summed E-state index contributed by atoms with van der Waals surface area (Å²) in [7, 11) is 0. The van der Waals surface area contributed by atoms with Gasteiger partial charge < -0.3 is 10.3 Å². The Morgan fingerprint density at radius 1 is 1.39 bits per heavy atom. The summed E-state index contributed by atoms with van der Waals surface area (Å²) in [5.41, 5.74) is 2.62. The Hall–Kier alpha value is -2.48. The number of nitrogens with one attached hydrogen (secondary N) is 2. The molecule has 3 amide bonds. The molecule has 0 aliphatic carbocycles. The molecule has 1 fully saturated rings. The molecule has 94 valence electrons. The third-order valence-electron chi connectivity index (χ3n) is 2.39. The normalized spacial score (nSPS) is 15.3. The second-order valence-corrected chi connectivity index (χ2v) is 3.71. The van der Waals surface area contributed by atoms with Crippen LogP contribution in [0.1, 0.15) is 10.4 Å². The van der Waals surface area contributed by atoms with Crippen molar-refractivity contribution in [1.29, 1.82) is 0 Å². The lowest BCUT2D eigenvalue weighted by Crippen LogP contribution is -2.53. The lowest BCUT2D eigenvalue weighted by atomic mass is 10.2. The Balaban J connectivity index is 2.19. The lowest BCUT2D eigenvalue weighted by Gasteiger charge is -2.25. The fourth-order valence-corrected chi connectivity index (χ4v) is 1.61. The second-order valence-electron chi connectivity index (χ2n) is 3.71. The van der Waals surface area contributed by atoms with Gasteiger partial charge in [-0.25, -0.2) is 10.8 Å². The maximum absolute atomic E-state index is 12.1. The van der Waals surface area contributed by atoms with E-state index >= 15 is 0 Å². The zero-order valence-corrected chi connectivity index (χ0v) is 9.34. The van der Waals surface area contributed by atoms with Gasteiger partial charge in [-0.3, -0.25) is 19.7 Å². The first-order chi connectivity index (χ1) is 8.60. The minimum absolute atomic E-state index is 0.141. The first kappa shape index (κ1) is 12.0. The third-order valence-corrected chi connectivity index (χ3v) is 2.39. The van der Waals surface area contributed by atoms with Crippen LogP contribution in [0.25, 0.3) is 0 Å². The number of nitrogen functional groups attached to an aromatic ring is 1. The van der Waals surface area contributed by atoms with Crippen LogP contribution in [0.4, 0.5) is 5.82 Å². The first-order valence-corrected chi connectivity index (χ1v) is 5.15. The van der Waals surface area contributed by atoms with E-state index in [1.54, 1.807) is 0 Å². The maximum Gasteiger partial charge on any atom is 0.254 e. The summed E-state index contributed by atoms with van der Waals surface area (Å²) < 4.78 is 0. The molecule has 1 aromatic heterocycles. The van der Waals surface area contributed by atoms with E-state index in [1.165, 1.54) is 18.3 Å². The van der Waals surface area contributed by atoms with Gasteiger partial charge in [0, 0.05) is 11.8 Å². The lowest BCUT2D eigenvalue weighted by molar-refractivity contribution is -0.135. The topological polar surface area (TPSA) is 117 Å². The number of nitrogens with zero attached hydrogens (tertiary/aromatic N) is 2. The van der Waals surface area contributed by atoms with Crippen molar-refractivity contribution in [2.24, 2.45) is 5.84 Å². The summed E-state index contributed by atoms with van der Waals surface area (Å²) in [5, 5.41) is 2.12. The first-order valence-electron chi connectivity index (χ1n) is 5.15. The van der Waals surface area contributed by atoms with Crippen molar-refractivity contribution < 1.29 is 14.4 Å². The van der Waals surface area contributed by atoms with Crippen LogP contribution in [0.15, 0.2) is 18.3 Å². The number of amides is 3. The van der Waals surface area contributed by atoms with E-state index in [2.05, 4.69) is 15.7 Å². The molecule has 0 unspecified atom stereocenters. The molecule has 2 rings (SSSR count). The molecule has 4 N–H and O–H groups in total. The molecule has 8 nitrogen and oxygen atoms in total. The number of pyridine rings is 1. The predicted molar refractivity (Wildman–Crippen MR) is 61.1 cm³/mol. The number of piperazine rings is 1. The fourth-order valence-electron chi connectivity index (χ4n) is 1.61. The fraction of sp³-hybridized carbons (Fsp3) is 0.200. The number of nitrogens with two attached hydrogens (primary N) is 1. The highest BCUT2D eigenvalue weighted by Gasteiger charge is 2.27. The minimum atomic E-state index is -0.495. The van der Waals surface area contributed by atoms with Gasteiger partial charge in [-0.15, -0.1) is 0 Å². The molecule has 1 aliphatic rings. The molecule has 0 atom stereocenters. The minimum Gasteiger partial charge on any atom is -0.320 e. The Kier molecular flexibility index (Phi) is 3.20. The van der Waals surface area contributed by atoms with Crippen molar-refractivity contribution in [1.82, 2.24) is 15.2 Å². The number of imide groups is 1. The molecule has 18 heavy (non-hydrogen) atoms. The second kappa shape index (κ2) is 4.80. The molecule has 1 aromatic rings. The van der Waals surface area contributed by atoms with Crippen LogP contribution >= 0.6 is 0 Å². The number of carbonyl (C=O) groups excluding carboxylic acids is 3. The van der Waals surface area contributed by atoms with E-state index in [0.717, 1.165) is 4.90 Å². The van der Waals surface area contributed by atoms with E-state index < -0.39 is 17.7 Å². The maximum atomic E-state index is 12.1. The zero-order valence-electron chi connectivity index (χ0n) is 9.34. The Morgan fingerprint density at radius 3 is 2.67 bits per heavy atom. The van der Waals surface area contributed by atoms with Crippen molar-refractivity contribution >= 4 is 23.5 Å². The predicted octanol–water partition coefficient (Wildman–Crippen LogP) is -1.53. The van der Waals surface area contributed by atoms with Crippen molar-refractivity contribution in [2.45, 2.75) is 0 Å². The van der Waals surface area contributed by atoms with Crippen LogP contribution < -0.4 is 16.6 Å². The summed E-state index contributed by atoms with van der Waals surface area (Å²) in [6.45, 7) is -0.281. The molecule has 0 bridgehead atoms. The van der Waals surface area contributed by atoms with Gasteiger partial charge in [-0.1, -0.05) is 0 Å².